The maximum Gasteiger partial charge on any atom is 0.302 e. The third-order valence-corrected chi connectivity index (χ3v) is 4.15. The third kappa shape index (κ3) is 5.57. The standard InChI is InChI=1S/C15H21NO4S/c1-11(17)20-15-6-7-16-14(9-15)8-12-2-4-13(5-3-12)10-21(18)19/h2-5,14-16H,6-10H2,1H3,(H,18,19). The number of hydrogen-bond donors (Lipinski definition) is 2. The van der Waals surface area contributed by atoms with Gasteiger partial charge in [0.1, 0.15) is 6.10 Å². The topological polar surface area (TPSA) is 75.6 Å². The van der Waals surface area contributed by atoms with E-state index in [1.807, 2.05) is 24.3 Å². The first-order valence-electron chi connectivity index (χ1n) is 7.09. The molecule has 1 aromatic rings. The van der Waals surface area contributed by atoms with Gasteiger partial charge in [-0.1, -0.05) is 24.3 Å². The Hall–Kier alpha value is -1.24. The molecule has 1 saturated heterocycles. The molecule has 0 radical (unpaired) electrons. The SMILES string of the molecule is CC(=O)OC1CCNC(Cc2ccc(CS(=O)O)cc2)C1. The van der Waals surface area contributed by atoms with Crippen LogP contribution in [-0.4, -0.2) is 33.4 Å². The average Bonchev–Trinajstić information content (AvgIpc) is 2.40. The van der Waals surface area contributed by atoms with E-state index in [0.717, 1.165) is 31.4 Å². The van der Waals surface area contributed by atoms with Crippen LogP contribution in [0.25, 0.3) is 0 Å². The van der Waals surface area contributed by atoms with Crippen LogP contribution in [0.3, 0.4) is 0 Å². The van der Waals surface area contributed by atoms with Crippen LogP contribution in [0.2, 0.25) is 0 Å². The summed E-state index contributed by atoms with van der Waals surface area (Å²) in [5.41, 5.74) is 2.03. The molecule has 116 valence electrons. The minimum absolute atomic E-state index is 0.00448. The van der Waals surface area contributed by atoms with Crippen LogP contribution in [-0.2, 0) is 32.8 Å². The molecule has 3 atom stereocenters. The summed E-state index contributed by atoms with van der Waals surface area (Å²) in [6.45, 7) is 2.30. The largest absolute Gasteiger partial charge is 0.462 e. The molecule has 0 amide bonds. The Morgan fingerprint density at radius 2 is 2.05 bits per heavy atom. The van der Waals surface area contributed by atoms with E-state index in [1.54, 1.807) is 0 Å². The van der Waals surface area contributed by atoms with Crippen molar-refractivity contribution in [3.05, 3.63) is 35.4 Å². The lowest BCUT2D eigenvalue weighted by Crippen LogP contribution is -2.42. The van der Waals surface area contributed by atoms with Gasteiger partial charge in [-0.15, -0.1) is 0 Å². The number of benzene rings is 1. The molecule has 2 rings (SSSR count). The van der Waals surface area contributed by atoms with E-state index in [4.69, 9.17) is 9.29 Å². The Kier molecular flexibility index (Phi) is 5.90. The van der Waals surface area contributed by atoms with E-state index in [0.29, 0.717) is 6.04 Å². The molecule has 3 unspecified atom stereocenters. The average molecular weight is 311 g/mol. The molecule has 1 fully saturated rings. The Morgan fingerprint density at radius 1 is 1.38 bits per heavy atom. The first-order valence-corrected chi connectivity index (χ1v) is 8.36. The molecule has 0 bridgehead atoms. The van der Waals surface area contributed by atoms with Gasteiger partial charge >= 0.3 is 5.97 Å². The van der Waals surface area contributed by atoms with E-state index in [1.165, 1.54) is 12.5 Å². The van der Waals surface area contributed by atoms with Crippen molar-refractivity contribution in [3.63, 3.8) is 0 Å². The Bertz CT molecular complexity index is 503. The van der Waals surface area contributed by atoms with E-state index >= 15 is 0 Å². The highest BCUT2D eigenvalue weighted by Gasteiger charge is 2.23. The number of rotatable bonds is 5. The summed E-state index contributed by atoms with van der Waals surface area (Å²) >= 11 is -1.80. The zero-order valence-corrected chi connectivity index (χ0v) is 12.9. The van der Waals surface area contributed by atoms with Crippen molar-refractivity contribution in [1.29, 1.82) is 0 Å². The number of carbonyl (C=O) groups is 1. The van der Waals surface area contributed by atoms with Crippen LogP contribution in [0.4, 0.5) is 0 Å². The quantitative estimate of drug-likeness (QED) is 0.638. The predicted octanol–water partition coefficient (Wildman–Crippen LogP) is 1.63. The maximum atomic E-state index is 11.0. The van der Waals surface area contributed by atoms with Gasteiger partial charge in [0.25, 0.3) is 0 Å². The maximum absolute atomic E-state index is 11.0. The first kappa shape index (κ1) is 16.1. The zero-order chi connectivity index (χ0) is 15.2. The monoisotopic (exact) mass is 311 g/mol. The highest BCUT2D eigenvalue weighted by Crippen LogP contribution is 2.17. The Labute approximate surface area is 127 Å². The molecule has 1 aliphatic heterocycles. The fourth-order valence-electron chi connectivity index (χ4n) is 2.66. The summed E-state index contributed by atoms with van der Waals surface area (Å²) in [5.74, 6) is -0.0572. The number of ether oxygens (including phenoxy) is 1. The molecule has 1 aliphatic rings. The Balaban J connectivity index is 1.88. The van der Waals surface area contributed by atoms with Crippen molar-refractivity contribution in [2.45, 2.75) is 44.1 Å². The summed E-state index contributed by atoms with van der Waals surface area (Å²) in [5, 5.41) is 3.44. The lowest BCUT2D eigenvalue weighted by molar-refractivity contribution is -0.147. The number of nitrogens with one attached hydrogen (secondary N) is 1. The number of hydrogen-bond acceptors (Lipinski definition) is 4. The molecule has 0 spiro atoms. The van der Waals surface area contributed by atoms with Gasteiger partial charge in [-0.2, -0.15) is 0 Å². The fraction of sp³-hybridized carbons (Fsp3) is 0.533. The molecule has 0 aliphatic carbocycles. The lowest BCUT2D eigenvalue weighted by atomic mass is 9.95. The van der Waals surface area contributed by atoms with Crippen LogP contribution in [0.1, 0.15) is 30.9 Å². The van der Waals surface area contributed by atoms with E-state index in [9.17, 15) is 9.00 Å². The van der Waals surface area contributed by atoms with Gasteiger partial charge in [0, 0.05) is 19.4 Å². The molecule has 2 N–H and O–H groups in total. The first-order chi connectivity index (χ1) is 10.0. The zero-order valence-electron chi connectivity index (χ0n) is 12.1. The van der Waals surface area contributed by atoms with Crippen molar-refractivity contribution in [1.82, 2.24) is 5.32 Å². The molecular weight excluding hydrogens is 290 g/mol. The number of esters is 1. The summed E-state index contributed by atoms with van der Waals surface area (Å²) in [6, 6.07) is 8.03. The lowest BCUT2D eigenvalue weighted by Gasteiger charge is -2.30. The van der Waals surface area contributed by atoms with Gasteiger partial charge in [-0.25, -0.2) is 4.21 Å². The van der Waals surface area contributed by atoms with Gasteiger partial charge in [0.05, 0.1) is 5.75 Å². The van der Waals surface area contributed by atoms with Crippen molar-refractivity contribution < 1.29 is 18.3 Å². The predicted molar refractivity (Wildman–Crippen MR) is 81.2 cm³/mol. The van der Waals surface area contributed by atoms with Gasteiger partial charge < -0.3 is 14.6 Å². The molecular formula is C15H21NO4S. The van der Waals surface area contributed by atoms with Crippen LogP contribution >= 0.6 is 0 Å². The van der Waals surface area contributed by atoms with Crippen molar-refractivity contribution in [3.8, 4) is 0 Å². The van der Waals surface area contributed by atoms with Gasteiger partial charge in [0.2, 0.25) is 0 Å². The summed E-state index contributed by atoms with van der Waals surface area (Å²) in [7, 11) is 0. The van der Waals surface area contributed by atoms with Crippen LogP contribution in [0, 0.1) is 0 Å². The fourth-order valence-corrected chi connectivity index (χ4v) is 3.14. The van der Waals surface area contributed by atoms with E-state index < -0.39 is 11.1 Å². The highest BCUT2D eigenvalue weighted by molar-refractivity contribution is 7.78. The summed E-state index contributed by atoms with van der Waals surface area (Å²) in [6.07, 6.45) is 2.55. The third-order valence-electron chi connectivity index (χ3n) is 3.57. The van der Waals surface area contributed by atoms with Crippen molar-refractivity contribution in [2.24, 2.45) is 0 Å². The molecule has 0 aromatic heterocycles. The van der Waals surface area contributed by atoms with Crippen LogP contribution < -0.4 is 5.32 Å². The number of carbonyl (C=O) groups excluding carboxylic acids is 1. The van der Waals surface area contributed by atoms with Crippen LogP contribution in [0.5, 0.6) is 0 Å². The van der Waals surface area contributed by atoms with Gasteiger partial charge in [-0.3, -0.25) is 4.79 Å². The second-order valence-corrected chi connectivity index (χ2v) is 6.32. The molecule has 0 saturated carbocycles. The smallest absolute Gasteiger partial charge is 0.302 e. The van der Waals surface area contributed by atoms with Gasteiger partial charge in [-0.05, 0) is 30.5 Å². The minimum atomic E-state index is -1.80. The molecule has 5 nitrogen and oxygen atoms in total. The van der Waals surface area contributed by atoms with Gasteiger partial charge in [0.15, 0.2) is 11.1 Å². The van der Waals surface area contributed by atoms with Crippen LogP contribution in [0.15, 0.2) is 24.3 Å². The molecule has 1 heterocycles. The second-order valence-electron chi connectivity index (χ2n) is 5.39. The molecule has 21 heavy (non-hydrogen) atoms. The van der Waals surface area contributed by atoms with Crippen molar-refractivity contribution >= 4 is 17.0 Å². The highest BCUT2D eigenvalue weighted by atomic mass is 32.2. The minimum Gasteiger partial charge on any atom is -0.462 e. The van der Waals surface area contributed by atoms with E-state index in [-0.39, 0.29) is 17.8 Å². The Morgan fingerprint density at radius 3 is 2.67 bits per heavy atom. The van der Waals surface area contributed by atoms with E-state index in [2.05, 4.69) is 5.32 Å². The van der Waals surface area contributed by atoms with Crippen molar-refractivity contribution in [2.75, 3.05) is 6.54 Å². The molecule has 6 heteroatoms. The summed E-state index contributed by atoms with van der Waals surface area (Å²) < 4.78 is 24.9. The second kappa shape index (κ2) is 7.68. The normalized spacial score (nSPS) is 23.5. The molecule has 1 aromatic carbocycles. The number of piperidine rings is 1. The summed E-state index contributed by atoms with van der Waals surface area (Å²) in [4.78, 5) is 11.0.